The third-order valence-corrected chi connectivity index (χ3v) is 2.21. The van der Waals surface area contributed by atoms with Gasteiger partial charge >= 0.3 is 6.09 Å². The van der Waals surface area contributed by atoms with E-state index in [2.05, 4.69) is 11.9 Å². The lowest BCUT2D eigenvalue weighted by molar-refractivity contribution is -0.121. The monoisotopic (exact) mass is 183 g/mol. The Bertz CT molecular complexity index is 235. The van der Waals surface area contributed by atoms with E-state index < -0.39 is 6.09 Å². The van der Waals surface area contributed by atoms with Crippen molar-refractivity contribution in [2.45, 2.75) is 25.3 Å². The number of nitrogens with one attached hydrogen (secondary N) is 1. The van der Waals surface area contributed by atoms with E-state index in [4.69, 9.17) is 5.11 Å². The first kappa shape index (κ1) is 9.77. The summed E-state index contributed by atoms with van der Waals surface area (Å²) in [5.41, 5.74) is 0. The van der Waals surface area contributed by atoms with Crippen molar-refractivity contribution in [3.8, 4) is 0 Å². The minimum atomic E-state index is -1.07. The number of hydrogen-bond acceptors (Lipinski definition) is 2. The highest BCUT2D eigenvalue weighted by Gasteiger charge is 2.26. The Balaban J connectivity index is 2.51. The van der Waals surface area contributed by atoms with Crippen LogP contribution < -0.4 is 5.32 Å². The van der Waals surface area contributed by atoms with E-state index in [-0.39, 0.29) is 17.7 Å². The Hall–Kier alpha value is -1.32. The number of allylic oxidation sites excluding steroid dienone is 1. The molecule has 1 aliphatic rings. The van der Waals surface area contributed by atoms with E-state index in [0.29, 0.717) is 19.3 Å². The first-order valence-electron chi connectivity index (χ1n) is 4.25. The quantitative estimate of drug-likeness (QED) is 0.632. The van der Waals surface area contributed by atoms with Gasteiger partial charge in [0.05, 0.1) is 0 Å². The van der Waals surface area contributed by atoms with Gasteiger partial charge in [0.15, 0.2) is 0 Å². The molecule has 4 nitrogen and oxygen atoms in total. The van der Waals surface area contributed by atoms with Crippen LogP contribution in [0.4, 0.5) is 4.79 Å². The van der Waals surface area contributed by atoms with Gasteiger partial charge in [-0.05, 0) is 12.3 Å². The average molecular weight is 183 g/mol. The van der Waals surface area contributed by atoms with Crippen LogP contribution in [0.1, 0.15) is 19.3 Å². The zero-order chi connectivity index (χ0) is 9.84. The number of rotatable bonds is 2. The number of amides is 1. The number of hydrogen-bond donors (Lipinski definition) is 2. The van der Waals surface area contributed by atoms with Crippen molar-refractivity contribution in [1.29, 1.82) is 0 Å². The maximum absolute atomic E-state index is 11.1. The summed E-state index contributed by atoms with van der Waals surface area (Å²) in [4.78, 5) is 21.5. The van der Waals surface area contributed by atoms with Crippen LogP contribution in [0.3, 0.4) is 0 Å². The predicted molar refractivity (Wildman–Crippen MR) is 47.5 cm³/mol. The lowest BCUT2D eigenvalue weighted by atomic mass is 9.85. The second-order valence-corrected chi connectivity index (χ2v) is 3.32. The zero-order valence-corrected chi connectivity index (χ0v) is 7.32. The van der Waals surface area contributed by atoms with Crippen LogP contribution in [-0.2, 0) is 4.79 Å². The molecule has 72 valence electrons. The summed E-state index contributed by atoms with van der Waals surface area (Å²) in [7, 11) is 0. The van der Waals surface area contributed by atoms with Gasteiger partial charge < -0.3 is 10.4 Å². The predicted octanol–water partition coefficient (Wildman–Crippen LogP) is 1.18. The second-order valence-electron chi connectivity index (χ2n) is 3.32. The van der Waals surface area contributed by atoms with E-state index in [1.54, 1.807) is 6.08 Å². The number of carbonyl (C=O) groups is 2. The van der Waals surface area contributed by atoms with E-state index in [1.165, 1.54) is 0 Å². The third-order valence-electron chi connectivity index (χ3n) is 2.21. The molecule has 0 bridgehead atoms. The topological polar surface area (TPSA) is 66.4 Å². The van der Waals surface area contributed by atoms with Crippen LogP contribution in [-0.4, -0.2) is 23.0 Å². The zero-order valence-electron chi connectivity index (χ0n) is 7.32. The molecular formula is C9H13NO3. The van der Waals surface area contributed by atoms with Gasteiger partial charge in [0.1, 0.15) is 5.78 Å². The molecule has 2 atom stereocenters. The molecule has 0 heterocycles. The van der Waals surface area contributed by atoms with Crippen LogP contribution >= 0.6 is 0 Å². The molecule has 0 aromatic heterocycles. The van der Waals surface area contributed by atoms with Gasteiger partial charge in [-0.25, -0.2) is 4.79 Å². The highest BCUT2D eigenvalue weighted by molar-refractivity contribution is 5.81. The third kappa shape index (κ3) is 2.89. The normalized spacial score (nSPS) is 28.2. The van der Waals surface area contributed by atoms with Gasteiger partial charge in [-0.15, -0.1) is 6.58 Å². The summed E-state index contributed by atoms with van der Waals surface area (Å²) in [6.07, 6.45) is 2.15. The van der Waals surface area contributed by atoms with Crippen LogP contribution in [0.25, 0.3) is 0 Å². The number of carbonyl (C=O) groups excluding carboxylic acids is 1. The molecule has 1 saturated carbocycles. The average Bonchev–Trinajstić information content (AvgIpc) is 2.01. The fourth-order valence-corrected chi connectivity index (χ4v) is 1.65. The van der Waals surface area contributed by atoms with E-state index in [9.17, 15) is 9.59 Å². The van der Waals surface area contributed by atoms with Gasteiger partial charge in [0.2, 0.25) is 0 Å². The van der Waals surface area contributed by atoms with Crippen molar-refractivity contribution in [2.24, 2.45) is 5.92 Å². The van der Waals surface area contributed by atoms with Crippen LogP contribution in [0.2, 0.25) is 0 Å². The SMILES string of the molecule is C=CC1CC(=O)CC(NC(=O)O)C1. The molecule has 2 N–H and O–H groups in total. The Kier molecular flexibility index (Phi) is 3.06. The fourth-order valence-electron chi connectivity index (χ4n) is 1.65. The van der Waals surface area contributed by atoms with Gasteiger partial charge in [0.25, 0.3) is 0 Å². The molecule has 13 heavy (non-hydrogen) atoms. The van der Waals surface area contributed by atoms with Crippen molar-refractivity contribution in [2.75, 3.05) is 0 Å². The molecule has 1 amide bonds. The smallest absolute Gasteiger partial charge is 0.404 e. The highest BCUT2D eigenvalue weighted by atomic mass is 16.4. The molecule has 0 spiro atoms. The lowest BCUT2D eigenvalue weighted by Crippen LogP contribution is -2.40. The minimum absolute atomic E-state index is 0.106. The van der Waals surface area contributed by atoms with E-state index >= 15 is 0 Å². The summed E-state index contributed by atoms with van der Waals surface area (Å²) >= 11 is 0. The summed E-state index contributed by atoms with van der Waals surface area (Å²) in [6.45, 7) is 3.60. The molecule has 4 heteroatoms. The Morgan fingerprint density at radius 1 is 1.62 bits per heavy atom. The molecule has 1 aliphatic carbocycles. The standard InChI is InChI=1S/C9H13NO3/c1-2-6-3-7(10-9(12)13)5-8(11)4-6/h2,6-7,10H,1,3-5H2,(H,12,13). The van der Waals surface area contributed by atoms with Gasteiger partial charge in [-0.3, -0.25) is 4.79 Å². The van der Waals surface area contributed by atoms with E-state index in [0.717, 1.165) is 0 Å². The van der Waals surface area contributed by atoms with Crippen LogP contribution in [0.15, 0.2) is 12.7 Å². The molecule has 0 aromatic carbocycles. The van der Waals surface area contributed by atoms with Crippen LogP contribution in [0.5, 0.6) is 0 Å². The molecule has 1 fully saturated rings. The van der Waals surface area contributed by atoms with Crippen molar-refractivity contribution in [1.82, 2.24) is 5.32 Å². The minimum Gasteiger partial charge on any atom is -0.465 e. The van der Waals surface area contributed by atoms with Crippen LogP contribution in [0, 0.1) is 5.92 Å². The molecule has 1 rings (SSSR count). The summed E-state index contributed by atoms with van der Waals surface area (Å²) in [5, 5.41) is 10.8. The molecular weight excluding hydrogens is 170 g/mol. The number of ketones is 1. The number of Topliss-reactive ketones (excluding diaryl/α,β-unsaturated/α-hetero) is 1. The van der Waals surface area contributed by atoms with Crippen molar-refractivity contribution in [3.05, 3.63) is 12.7 Å². The second kappa shape index (κ2) is 4.07. The van der Waals surface area contributed by atoms with E-state index in [1.807, 2.05) is 0 Å². The molecule has 0 aliphatic heterocycles. The Morgan fingerprint density at radius 2 is 2.31 bits per heavy atom. The first-order chi connectivity index (χ1) is 6.11. The Morgan fingerprint density at radius 3 is 2.85 bits per heavy atom. The molecule has 0 saturated heterocycles. The largest absolute Gasteiger partial charge is 0.465 e. The van der Waals surface area contributed by atoms with Gasteiger partial charge in [-0.1, -0.05) is 6.08 Å². The van der Waals surface area contributed by atoms with Gasteiger partial charge in [-0.2, -0.15) is 0 Å². The van der Waals surface area contributed by atoms with Gasteiger partial charge in [0, 0.05) is 18.9 Å². The summed E-state index contributed by atoms with van der Waals surface area (Å²) in [6, 6.07) is -0.234. The Labute approximate surface area is 76.6 Å². The van der Waals surface area contributed by atoms with Crippen molar-refractivity contribution in [3.63, 3.8) is 0 Å². The number of carboxylic acid groups (broad SMARTS) is 1. The maximum atomic E-state index is 11.1. The molecule has 0 aromatic rings. The molecule has 2 unspecified atom stereocenters. The summed E-state index contributed by atoms with van der Waals surface area (Å²) in [5.74, 6) is 0.230. The first-order valence-corrected chi connectivity index (χ1v) is 4.25. The summed E-state index contributed by atoms with van der Waals surface area (Å²) < 4.78 is 0. The maximum Gasteiger partial charge on any atom is 0.404 e. The van der Waals surface area contributed by atoms with Crippen molar-refractivity contribution < 1.29 is 14.7 Å². The highest BCUT2D eigenvalue weighted by Crippen LogP contribution is 2.22. The fraction of sp³-hybridized carbons (Fsp3) is 0.556. The van der Waals surface area contributed by atoms with Crippen molar-refractivity contribution >= 4 is 11.9 Å². The lowest BCUT2D eigenvalue weighted by Gasteiger charge is -2.25. The molecule has 0 radical (unpaired) electrons.